The van der Waals surface area contributed by atoms with Gasteiger partial charge in [-0.25, -0.2) is 0 Å². The zero-order valence-corrected chi connectivity index (χ0v) is 12.1. The molecule has 1 amide bonds. The van der Waals surface area contributed by atoms with Gasteiger partial charge in [0.25, 0.3) is 5.91 Å². The van der Waals surface area contributed by atoms with E-state index in [-0.39, 0.29) is 0 Å². The highest BCUT2D eigenvalue weighted by atomic mass is 79.9. The average molecular weight is 341 g/mol. The van der Waals surface area contributed by atoms with E-state index in [4.69, 9.17) is 11.6 Å². The first kappa shape index (κ1) is 14.1. The minimum Gasteiger partial charge on any atom is -0.378 e. The second kappa shape index (κ2) is 6.19. The van der Waals surface area contributed by atoms with Gasteiger partial charge in [0, 0.05) is 20.7 Å². The van der Waals surface area contributed by atoms with Gasteiger partial charge in [-0.2, -0.15) is 0 Å². The van der Waals surface area contributed by atoms with E-state index >= 15 is 0 Å². The Morgan fingerprint density at radius 2 is 1.79 bits per heavy atom. The molecular weight excluding hydrogens is 330 g/mol. The molecule has 19 heavy (non-hydrogen) atoms. The Balaban J connectivity index is 2.12. The van der Waals surface area contributed by atoms with Crippen molar-refractivity contribution in [2.24, 2.45) is 0 Å². The maximum atomic E-state index is 11.9. The van der Waals surface area contributed by atoms with Gasteiger partial charge in [-0.15, -0.1) is 0 Å². The Morgan fingerprint density at radius 3 is 2.42 bits per heavy atom. The first-order chi connectivity index (χ1) is 9.08. The number of hydrogen-bond acceptors (Lipinski definition) is 2. The van der Waals surface area contributed by atoms with Crippen molar-refractivity contribution in [3.63, 3.8) is 0 Å². The zero-order valence-electron chi connectivity index (χ0n) is 9.81. The molecular formula is C14H11BrClNO2. The maximum absolute atomic E-state index is 11.9. The van der Waals surface area contributed by atoms with Crippen LogP contribution in [0.25, 0.3) is 0 Å². The zero-order chi connectivity index (χ0) is 13.8. The number of aliphatic hydroxyl groups is 1. The summed E-state index contributed by atoms with van der Waals surface area (Å²) in [7, 11) is 0. The summed E-state index contributed by atoms with van der Waals surface area (Å²) in [4.78, 5) is 11.9. The van der Waals surface area contributed by atoms with E-state index in [1.165, 1.54) is 0 Å². The van der Waals surface area contributed by atoms with Crippen LogP contribution in [0, 0.1) is 0 Å². The standard InChI is InChI=1S/C14H11BrClNO2/c15-9-5-7-10(8-6-9)17-14(19)13(18)11-3-1-2-4-12(11)16/h1-8,13,18H,(H,17,19). The summed E-state index contributed by atoms with van der Waals surface area (Å²) in [5, 5.41) is 13.0. The molecule has 1 unspecified atom stereocenters. The van der Waals surface area contributed by atoms with Crippen molar-refractivity contribution in [1.82, 2.24) is 0 Å². The van der Waals surface area contributed by atoms with Crippen molar-refractivity contribution in [2.45, 2.75) is 6.10 Å². The summed E-state index contributed by atoms with van der Waals surface area (Å²) < 4.78 is 0.914. The number of rotatable bonds is 3. The van der Waals surface area contributed by atoms with Crippen LogP contribution < -0.4 is 5.32 Å². The molecule has 2 rings (SSSR count). The monoisotopic (exact) mass is 339 g/mol. The second-order valence-corrected chi connectivity index (χ2v) is 5.24. The highest BCUT2D eigenvalue weighted by Crippen LogP contribution is 2.24. The van der Waals surface area contributed by atoms with Gasteiger partial charge >= 0.3 is 0 Å². The molecule has 0 aliphatic rings. The van der Waals surface area contributed by atoms with Crippen molar-refractivity contribution in [3.8, 4) is 0 Å². The summed E-state index contributed by atoms with van der Waals surface area (Å²) in [5.74, 6) is -0.518. The Bertz CT molecular complexity index is 586. The van der Waals surface area contributed by atoms with E-state index in [9.17, 15) is 9.90 Å². The summed E-state index contributed by atoms with van der Waals surface area (Å²) in [6.07, 6.45) is -1.29. The Labute approximate surface area is 124 Å². The molecule has 0 saturated carbocycles. The highest BCUT2D eigenvalue weighted by Gasteiger charge is 2.19. The largest absolute Gasteiger partial charge is 0.378 e. The van der Waals surface area contributed by atoms with Crippen LogP contribution in [0.4, 0.5) is 5.69 Å². The van der Waals surface area contributed by atoms with E-state index in [1.54, 1.807) is 48.5 Å². The number of anilines is 1. The number of aliphatic hydroxyl groups excluding tert-OH is 1. The van der Waals surface area contributed by atoms with E-state index < -0.39 is 12.0 Å². The van der Waals surface area contributed by atoms with Crippen LogP contribution >= 0.6 is 27.5 Å². The maximum Gasteiger partial charge on any atom is 0.257 e. The van der Waals surface area contributed by atoms with Crippen LogP contribution in [0.3, 0.4) is 0 Å². The fraction of sp³-hybridized carbons (Fsp3) is 0.0714. The first-order valence-electron chi connectivity index (χ1n) is 5.57. The number of carbonyl (C=O) groups is 1. The summed E-state index contributed by atoms with van der Waals surface area (Å²) in [6, 6.07) is 13.8. The first-order valence-corrected chi connectivity index (χ1v) is 6.74. The number of amides is 1. The second-order valence-electron chi connectivity index (χ2n) is 3.92. The number of nitrogens with one attached hydrogen (secondary N) is 1. The van der Waals surface area contributed by atoms with Crippen LogP contribution in [-0.4, -0.2) is 11.0 Å². The van der Waals surface area contributed by atoms with Gasteiger partial charge in [0.15, 0.2) is 6.10 Å². The lowest BCUT2D eigenvalue weighted by Crippen LogP contribution is -2.21. The topological polar surface area (TPSA) is 49.3 Å². The fourth-order valence-corrected chi connectivity index (χ4v) is 2.09. The molecule has 0 radical (unpaired) electrons. The minimum atomic E-state index is -1.29. The molecule has 2 aromatic carbocycles. The SMILES string of the molecule is O=C(Nc1ccc(Br)cc1)C(O)c1ccccc1Cl. The molecule has 0 saturated heterocycles. The highest BCUT2D eigenvalue weighted by molar-refractivity contribution is 9.10. The Kier molecular flexibility index (Phi) is 4.58. The van der Waals surface area contributed by atoms with Crippen LogP contribution in [0.5, 0.6) is 0 Å². The molecule has 2 N–H and O–H groups in total. The van der Waals surface area contributed by atoms with Gasteiger partial charge < -0.3 is 10.4 Å². The van der Waals surface area contributed by atoms with Gasteiger partial charge in [0.05, 0.1) is 0 Å². The van der Waals surface area contributed by atoms with Gasteiger partial charge in [0.1, 0.15) is 0 Å². The molecule has 5 heteroatoms. The fourth-order valence-electron chi connectivity index (χ4n) is 1.58. The molecule has 3 nitrogen and oxygen atoms in total. The van der Waals surface area contributed by atoms with Gasteiger partial charge in [-0.05, 0) is 30.3 Å². The predicted molar refractivity (Wildman–Crippen MR) is 79.2 cm³/mol. The third-order valence-electron chi connectivity index (χ3n) is 2.56. The van der Waals surface area contributed by atoms with Crippen LogP contribution in [0.15, 0.2) is 53.0 Å². The number of benzene rings is 2. The molecule has 0 bridgehead atoms. The van der Waals surface area contributed by atoms with Crippen molar-refractivity contribution in [2.75, 3.05) is 5.32 Å². The summed E-state index contributed by atoms with van der Waals surface area (Å²) in [6.45, 7) is 0. The van der Waals surface area contributed by atoms with E-state index in [1.807, 2.05) is 0 Å². The van der Waals surface area contributed by atoms with Gasteiger partial charge in [0.2, 0.25) is 0 Å². The molecule has 98 valence electrons. The average Bonchev–Trinajstić information content (AvgIpc) is 2.41. The lowest BCUT2D eigenvalue weighted by atomic mass is 10.1. The molecule has 0 spiro atoms. The molecule has 0 heterocycles. The normalized spacial score (nSPS) is 11.9. The van der Waals surface area contributed by atoms with E-state index in [2.05, 4.69) is 21.2 Å². The Hall–Kier alpha value is -1.36. The van der Waals surface area contributed by atoms with Crippen molar-refractivity contribution < 1.29 is 9.90 Å². The van der Waals surface area contributed by atoms with Crippen molar-refractivity contribution >= 4 is 39.1 Å². The molecule has 0 fully saturated rings. The third kappa shape index (κ3) is 3.56. The molecule has 0 aliphatic carbocycles. The van der Waals surface area contributed by atoms with Crippen LogP contribution in [-0.2, 0) is 4.79 Å². The lowest BCUT2D eigenvalue weighted by Gasteiger charge is -2.13. The van der Waals surface area contributed by atoms with Crippen LogP contribution in [0.1, 0.15) is 11.7 Å². The van der Waals surface area contributed by atoms with Crippen molar-refractivity contribution in [3.05, 3.63) is 63.6 Å². The number of hydrogen-bond donors (Lipinski definition) is 2. The number of halogens is 2. The lowest BCUT2D eigenvalue weighted by molar-refractivity contribution is -0.124. The van der Waals surface area contributed by atoms with E-state index in [0.29, 0.717) is 16.3 Å². The summed E-state index contributed by atoms with van der Waals surface area (Å²) >= 11 is 9.25. The van der Waals surface area contributed by atoms with Gasteiger partial charge in [-0.3, -0.25) is 4.79 Å². The smallest absolute Gasteiger partial charge is 0.257 e. The predicted octanol–water partition coefficient (Wildman–Crippen LogP) is 3.77. The van der Waals surface area contributed by atoms with Crippen LogP contribution in [0.2, 0.25) is 5.02 Å². The quantitative estimate of drug-likeness (QED) is 0.893. The summed E-state index contributed by atoms with van der Waals surface area (Å²) in [5.41, 5.74) is 0.998. The molecule has 0 aliphatic heterocycles. The van der Waals surface area contributed by atoms with Gasteiger partial charge in [-0.1, -0.05) is 45.7 Å². The number of carbonyl (C=O) groups excluding carboxylic acids is 1. The minimum absolute atomic E-state index is 0.362. The molecule has 2 aromatic rings. The van der Waals surface area contributed by atoms with E-state index in [0.717, 1.165) is 4.47 Å². The van der Waals surface area contributed by atoms with Crippen molar-refractivity contribution in [1.29, 1.82) is 0 Å². The Morgan fingerprint density at radius 1 is 1.16 bits per heavy atom. The third-order valence-corrected chi connectivity index (χ3v) is 3.43. The molecule has 1 atom stereocenters. The molecule has 0 aromatic heterocycles.